The first-order chi connectivity index (χ1) is 33.3. The van der Waals surface area contributed by atoms with E-state index in [1.54, 1.807) is 6.08 Å². The van der Waals surface area contributed by atoms with Crippen molar-refractivity contribution in [2.75, 3.05) is 13.2 Å². The number of hydrogen-bond acceptors (Lipinski definition) is 9. The van der Waals surface area contributed by atoms with Crippen LogP contribution in [0, 0.1) is 0 Å². The number of unbranched alkanes of at least 4 members (excludes halogenated alkanes) is 37. The van der Waals surface area contributed by atoms with Gasteiger partial charge in [0.05, 0.1) is 25.4 Å². The Hall–Kier alpha value is -1.37. The van der Waals surface area contributed by atoms with Crippen LogP contribution < -0.4 is 5.32 Å². The maximum Gasteiger partial charge on any atom is 0.249 e. The van der Waals surface area contributed by atoms with Gasteiger partial charge >= 0.3 is 0 Å². The second-order valence-electron chi connectivity index (χ2n) is 20.6. The van der Waals surface area contributed by atoms with Crippen LogP contribution in [-0.2, 0) is 14.3 Å². The van der Waals surface area contributed by atoms with Crippen LogP contribution in [0.25, 0.3) is 0 Å². The number of aliphatic hydroxyl groups excluding tert-OH is 6. The highest BCUT2D eigenvalue weighted by Crippen LogP contribution is 2.23. The fraction of sp³-hybridized carbons (Fsp3) is 0.914. The molecule has 0 spiro atoms. The van der Waals surface area contributed by atoms with Crippen molar-refractivity contribution in [1.29, 1.82) is 0 Å². The van der Waals surface area contributed by atoms with Crippen molar-refractivity contribution in [2.24, 2.45) is 0 Å². The monoisotopic (exact) mass is 966 g/mol. The number of amides is 1. The smallest absolute Gasteiger partial charge is 0.249 e. The van der Waals surface area contributed by atoms with Gasteiger partial charge in [0.1, 0.15) is 30.5 Å². The third-order valence-corrected chi connectivity index (χ3v) is 14.1. The molecular formula is C58H111NO9. The maximum absolute atomic E-state index is 13.1. The fourth-order valence-electron chi connectivity index (χ4n) is 9.42. The van der Waals surface area contributed by atoms with Crippen molar-refractivity contribution < 1.29 is 44.9 Å². The molecule has 0 bridgehead atoms. The summed E-state index contributed by atoms with van der Waals surface area (Å²) in [4.78, 5) is 13.1. The largest absolute Gasteiger partial charge is 0.394 e. The van der Waals surface area contributed by atoms with Crippen molar-refractivity contribution in [1.82, 2.24) is 5.32 Å². The zero-order valence-electron chi connectivity index (χ0n) is 44.2. The molecule has 1 aliphatic heterocycles. The number of aliphatic hydroxyl groups is 6. The summed E-state index contributed by atoms with van der Waals surface area (Å²) in [7, 11) is 0. The molecule has 1 heterocycles. The normalized spacial score (nSPS) is 20.1. The summed E-state index contributed by atoms with van der Waals surface area (Å²) in [6.07, 6.45) is 50.4. The van der Waals surface area contributed by atoms with Gasteiger partial charge in [-0.1, -0.05) is 269 Å². The Morgan fingerprint density at radius 1 is 0.500 bits per heavy atom. The van der Waals surface area contributed by atoms with Crippen molar-refractivity contribution in [3.8, 4) is 0 Å². The van der Waals surface area contributed by atoms with Gasteiger partial charge in [-0.15, -0.1) is 0 Å². The Labute approximate surface area is 418 Å². The maximum atomic E-state index is 13.1. The number of ether oxygens (including phenoxy) is 2. The molecule has 1 aliphatic rings. The van der Waals surface area contributed by atoms with Crippen LogP contribution in [0.4, 0.5) is 0 Å². The van der Waals surface area contributed by atoms with Crippen LogP contribution in [0.5, 0.6) is 0 Å². The van der Waals surface area contributed by atoms with Crippen molar-refractivity contribution in [3.05, 3.63) is 24.3 Å². The second kappa shape index (κ2) is 47.9. The van der Waals surface area contributed by atoms with Gasteiger partial charge < -0.3 is 45.4 Å². The first kappa shape index (κ1) is 64.6. The van der Waals surface area contributed by atoms with E-state index in [0.717, 1.165) is 38.5 Å². The van der Waals surface area contributed by atoms with E-state index >= 15 is 0 Å². The van der Waals surface area contributed by atoms with Gasteiger partial charge in [0, 0.05) is 0 Å². The summed E-state index contributed by atoms with van der Waals surface area (Å²) < 4.78 is 11.1. The first-order valence-corrected chi connectivity index (χ1v) is 29.2. The number of rotatable bonds is 50. The molecule has 0 aromatic rings. The van der Waals surface area contributed by atoms with Gasteiger partial charge in [-0.2, -0.15) is 0 Å². The molecule has 1 amide bonds. The summed E-state index contributed by atoms with van der Waals surface area (Å²) in [6, 6.07) is -0.993. The van der Waals surface area contributed by atoms with Gasteiger partial charge in [-0.3, -0.25) is 4.79 Å². The Bertz CT molecular complexity index is 1140. The zero-order valence-corrected chi connectivity index (χ0v) is 44.2. The van der Waals surface area contributed by atoms with Crippen LogP contribution in [0.1, 0.15) is 277 Å². The minimum atomic E-state index is -1.61. The summed E-state index contributed by atoms with van der Waals surface area (Å²) in [5.41, 5.74) is 0. The van der Waals surface area contributed by atoms with E-state index in [1.165, 1.54) is 212 Å². The Kier molecular flexibility index (Phi) is 45.6. The van der Waals surface area contributed by atoms with Crippen LogP contribution in [-0.4, -0.2) is 98.7 Å². The standard InChI is InChI=1S/C58H111NO9/c1-3-5-7-9-11-13-15-16-17-18-19-20-21-22-23-24-25-26-27-28-29-30-31-32-33-34-35-37-39-41-43-45-47-52(62)57(66)59-50(49-67-58-56(65)55(64)54(63)53(48-60)68-58)51(61)46-44-42-40-38-36-14-12-10-8-6-4-2/h36,38,44,46,50-56,58,60-65H,3-35,37,39-43,45,47-49H2,1-2H3,(H,59,66)/b38-36+,46-44+. The van der Waals surface area contributed by atoms with Crippen molar-refractivity contribution in [2.45, 2.75) is 326 Å². The van der Waals surface area contributed by atoms with E-state index in [2.05, 4.69) is 31.3 Å². The van der Waals surface area contributed by atoms with E-state index in [-0.39, 0.29) is 6.61 Å². The average molecular weight is 967 g/mol. The van der Waals surface area contributed by atoms with E-state index < -0.39 is 61.5 Å². The molecule has 0 aromatic carbocycles. The van der Waals surface area contributed by atoms with Crippen LogP contribution in [0.3, 0.4) is 0 Å². The Morgan fingerprint density at radius 3 is 1.28 bits per heavy atom. The first-order valence-electron chi connectivity index (χ1n) is 29.2. The molecule has 1 rings (SSSR count). The summed E-state index contributed by atoms with van der Waals surface area (Å²) in [5, 5.41) is 64.8. The molecule has 7 N–H and O–H groups in total. The molecule has 10 heteroatoms. The Balaban J connectivity index is 2.12. The lowest BCUT2D eigenvalue weighted by Crippen LogP contribution is -2.60. The molecule has 1 saturated heterocycles. The minimum Gasteiger partial charge on any atom is -0.394 e. The summed E-state index contributed by atoms with van der Waals surface area (Å²) in [6.45, 7) is 3.59. The van der Waals surface area contributed by atoms with Crippen molar-refractivity contribution >= 4 is 5.91 Å². The molecule has 0 aliphatic carbocycles. The quantitative estimate of drug-likeness (QED) is 0.0232. The lowest BCUT2D eigenvalue weighted by Gasteiger charge is -2.40. The number of carbonyl (C=O) groups is 1. The highest BCUT2D eigenvalue weighted by molar-refractivity contribution is 5.80. The number of carbonyl (C=O) groups excluding carboxylic acids is 1. The van der Waals surface area contributed by atoms with E-state index in [9.17, 15) is 35.4 Å². The topological polar surface area (TPSA) is 169 Å². The molecule has 10 nitrogen and oxygen atoms in total. The van der Waals surface area contributed by atoms with E-state index in [0.29, 0.717) is 12.8 Å². The molecule has 0 radical (unpaired) electrons. The number of nitrogens with one attached hydrogen (secondary N) is 1. The predicted octanol–water partition coefficient (Wildman–Crippen LogP) is 13.2. The fourth-order valence-corrected chi connectivity index (χ4v) is 9.42. The van der Waals surface area contributed by atoms with Gasteiger partial charge in [0.25, 0.3) is 0 Å². The lowest BCUT2D eigenvalue weighted by molar-refractivity contribution is -0.302. The van der Waals surface area contributed by atoms with Gasteiger partial charge in [0.2, 0.25) is 5.91 Å². The predicted molar refractivity (Wildman–Crippen MR) is 283 cm³/mol. The molecular weight excluding hydrogens is 855 g/mol. The van der Waals surface area contributed by atoms with Crippen LogP contribution in [0.2, 0.25) is 0 Å². The van der Waals surface area contributed by atoms with E-state index in [4.69, 9.17) is 9.47 Å². The molecule has 68 heavy (non-hydrogen) atoms. The summed E-state index contributed by atoms with van der Waals surface area (Å²) in [5.74, 6) is -0.623. The Morgan fingerprint density at radius 2 is 0.868 bits per heavy atom. The molecule has 402 valence electrons. The van der Waals surface area contributed by atoms with Gasteiger partial charge in [-0.05, 0) is 32.1 Å². The lowest BCUT2D eigenvalue weighted by atomic mass is 9.99. The highest BCUT2D eigenvalue weighted by atomic mass is 16.7. The third-order valence-electron chi connectivity index (χ3n) is 14.1. The van der Waals surface area contributed by atoms with E-state index in [1.807, 2.05) is 6.08 Å². The molecule has 0 aromatic heterocycles. The minimum absolute atomic E-state index is 0.308. The number of hydrogen-bond donors (Lipinski definition) is 7. The zero-order chi connectivity index (χ0) is 49.6. The average Bonchev–Trinajstić information content (AvgIpc) is 3.34. The molecule has 0 saturated carbocycles. The highest BCUT2D eigenvalue weighted by Gasteiger charge is 2.44. The van der Waals surface area contributed by atoms with Gasteiger partial charge in [0.15, 0.2) is 6.29 Å². The molecule has 1 fully saturated rings. The van der Waals surface area contributed by atoms with Crippen LogP contribution in [0.15, 0.2) is 24.3 Å². The summed E-state index contributed by atoms with van der Waals surface area (Å²) >= 11 is 0. The van der Waals surface area contributed by atoms with Gasteiger partial charge in [-0.25, -0.2) is 0 Å². The molecule has 8 unspecified atom stereocenters. The number of allylic oxidation sites excluding steroid dienone is 3. The van der Waals surface area contributed by atoms with Crippen LogP contribution >= 0.6 is 0 Å². The molecule has 8 atom stereocenters. The third kappa shape index (κ3) is 36.5. The second-order valence-corrected chi connectivity index (χ2v) is 20.6. The SMILES string of the molecule is CCCCCCC/C=C/CC/C=C/C(O)C(COC1OC(CO)C(O)C(O)C1O)NC(=O)C(O)CCCCCCCCCCCCCCCCCCCCCCCCCCCCCCCCCC. The van der Waals surface area contributed by atoms with Crippen molar-refractivity contribution in [3.63, 3.8) is 0 Å².